The number of piperidine rings is 1. The lowest BCUT2D eigenvalue weighted by Crippen LogP contribution is -2.52. The van der Waals surface area contributed by atoms with Crippen LogP contribution in [0.1, 0.15) is 44.7 Å². The summed E-state index contributed by atoms with van der Waals surface area (Å²) in [6.45, 7) is 8.05. The molecule has 8 nitrogen and oxygen atoms in total. The van der Waals surface area contributed by atoms with Gasteiger partial charge in [0.25, 0.3) is 5.91 Å². The van der Waals surface area contributed by atoms with Crippen LogP contribution in [0.15, 0.2) is 47.5 Å². The molecule has 2 aromatic rings. The number of benzene rings is 2. The highest BCUT2D eigenvalue weighted by atomic mass is 16.5. The van der Waals surface area contributed by atoms with Crippen molar-refractivity contribution >= 4 is 23.2 Å². The highest BCUT2D eigenvalue weighted by Gasteiger charge is 2.42. The van der Waals surface area contributed by atoms with Gasteiger partial charge in [0.1, 0.15) is 22.9 Å². The van der Waals surface area contributed by atoms with E-state index in [1.807, 2.05) is 12.1 Å². The number of hydrogen-bond acceptors (Lipinski definition) is 6. The molecule has 1 spiro atoms. The smallest absolute Gasteiger partial charge is 0.272 e. The van der Waals surface area contributed by atoms with Gasteiger partial charge in [-0.3, -0.25) is 19.5 Å². The lowest BCUT2D eigenvalue weighted by atomic mass is 9.86. The molecule has 0 radical (unpaired) electrons. The predicted molar refractivity (Wildman–Crippen MR) is 136 cm³/mol. The average molecular weight is 479 g/mol. The largest absolute Gasteiger partial charge is 0.497 e. The second-order valence-electron chi connectivity index (χ2n) is 10.2. The Morgan fingerprint density at radius 1 is 1.09 bits per heavy atom. The molecule has 2 N–H and O–H groups in total. The van der Waals surface area contributed by atoms with Gasteiger partial charge < -0.3 is 20.1 Å². The molecule has 0 bridgehead atoms. The van der Waals surface area contributed by atoms with Crippen molar-refractivity contribution in [3.8, 4) is 11.5 Å². The Balaban J connectivity index is 1.37. The van der Waals surface area contributed by atoms with E-state index < -0.39 is 5.66 Å². The van der Waals surface area contributed by atoms with Crippen LogP contribution in [0, 0.1) is 0 Å². The number of nitrogens with zero attached hydrogens (tertiary/aromatic N) is 2. The zero-order chi connectivity index (χ0) is 25.2. The molecule has 0 unspecified atom stereocenters. The number of nitrogens with one attached hydrogen (secondary N) is 2. The summed E-state index contributed by atoms with van der Waals surface area (Å²) < 4.78 is 10.6. The summed E-state index contributed by atoms with van der Waals surface area (Å²) in [6, 6.07) is 13.4. The molecule has 2 aliphatic rings. The second kappa shape index (κ2) is 9.70. The zero-order valence-electron chi connectivity index (χ0n) is 21.1. The highest BCUT2D eigenvalue weighted by molar-refractivity contribution is 6.46. The Labute approximate surface area is 206 Å². The Kier molecular flexibility index (Phi) is 6.85. The fourth-order valence-electron chi connectivity index (χ4n) is 4.51. The fourth-order valence-corrected chi connectivity index (χ4v) is 4.51. The van der Waals surface area contributed by atoms with Crippen LogP contribution < -0.4 is 20.1 Å². The molecule has 0 atom stereocenters. The number of hydrogen-bond donors (Lipinski definition) is 2. The summed E-state index contributed by atoms with van der Waals surface area (Å²) >= 11 is 0. The quantitative estimate of drug-likeness (QED) is 0.664. The molecule has 1 fully saturated rings. The van der Waals surface area contributed by atoms with Gasteiger partial charge in [-0.1, -0.05) is 45.0 Å². The third kappa shape index (κ3) is 5.48. The van der Waals surface area contributed by atoms with Gasteiger partial charge >= 0.3 is 0 Å². The van der Waals surface area contributed by atoms with E-state index in [4.69, 9.17) is 14.5 Å². The van der Waals surface area contributed by atoms with E-state index in [9.17, 15) is 9.59 Å². The maximum atomic E-state index is 12.8. The van der Waals surface area contributed by atoms with E-state index in [1.54, 1.807) is 32.4 Å². The summed E-state index contributed by atoms with van der Waals surface area (Å²) in [6.07, 6.45) is 1.30. The van der Waals surface area contributed by atoms with Crippen LogP contribution in [0.3, 0.4) is 0 Å². The molecule has 4 rings (SSSR count). The Morgan fingerprint density at radius 3 is 2.37 bits per heavy atom. The van der Waals surface area contributed by atoms with Gasteiger partial charge in [0.2, 0.25) is 5.91 Å². The van der Waals surface area contributed by atoms with E-state index in [1.165, 1.54) is 5.56 Å². The van der Waals surface area contributed by atoms with E-state index >= 15 is 0 Å². The van der Waals surface area contributed by atoms with Gasteiger partial charge in [-0.2, -0.15) is 0 Å². The van der Waals surface area contributed by atoms with Crippen LogP contribution in [0.2, 0.25) is 0 Å². The zero-order valence-corrected chi connectivity index (χ0v) is 21.1. The third-order valence-corrected chi connectivity index (χ3v) is 6.64. The molecule has 2 aliphatic heterocycles. The van der Waals surface area contributed by atoms with Gasteiger partial charge in [0.15, 0.2) is 0 Å². The number of methoxy groups -OCH3 is 2. The normalized spacial score (nSPS) is 17.6. The molecule has 0 aliphatic carbocycles. The van der Waals surface area contributed by atoms with E-state index in [-0.39, 0.29) is 23.8 Å². The molecule has 35 heavy (non-hydrogen) atoms. The van der Waals surface area contributed by atoms with Crippen molar-refractivity contribution in [1.29, 1.82) is 0 Å². The van der Waals surface area contributed by atoms with Gasteiger partial charge in [-0.15, -0.1) is 0 Å². The summed E-state index contributed by atoms with van der Waals surface area (Å²) in [5.74, 6) is 0.943. The van der Waals surface area contributed by atoms with Crippen molar-refractivity contribution in [1.82, 2.24) is 10.2 Å². The third-order valence-electron chi connectivity index (χ3n) is 6.64. The minimum absolute atomic E-state index is 0.0519. The molecular weight excluding hydrogens is 444 g/mol. The molecule has 2 amide bonds. The summed E-state index contributed by atoms with van der Waals surface area (Å²) in [7, 11) is 3.14. The number of ether oxygens (including phenoxy) is 2. The van der Waals surface area contributed by atoms with Crippen molar-refractivity contribution in [2.45, 2.75) is 44.7 Å². The first-order chi connectivity index (χ1) is 16.6. The minimum Gasteiger partial charge on any atom is -0.497 e. The molecule has 2 aromatic carbocycles. The number of aliphatic imine (C=N–C) groups is 1. The number of rotatable bonds is 6. The van der Waals surface area contributed by atoms with Crippen LogP contribution in [-0.4, -0.2) is 61.9 Å². The molecular formula is C27H34N4O4. The summed E-state index contributed by atoms with van der Waals surface area (Å²) in [5.41, 5.74) is 2.56. The van der Waals surface area contributed by atoms with E-state index in [0.29, 0.717) is 48.8 Å². The number of amides is 2. The van der Waals surface area contributed by atoms with E-state index in [2.05, 4.69) is 48.4 Å². The monoisotopic (exact) mass is 478 g/mol. The van der Waals surface area contributed by atoms with Gasteiger partial charge in [-0.05, 0) is 23.1 Å². The average Bonchev–Trinajstić information content (AvgIpc) is 3.15. The standard InChI is InChI=1S/C27H34N4O4/c1-26(2,3)19-8-6-18(7-9-19)24-25(33)30-27(29-24)12-14-31(15-13-27)17-23(32)28-21-16-20(34-4)10-11-22(21)35-5/h6-11,16H,12-15,17H2,1-5H3,(H,28,32)(H,30,33). The maximum absolute atomic E-state index is 12.8. The maximum Gasteiger partial charge on any atom is 0.272 e. The van der Waals surface area contributed by atoms with Crippen molar-refractivity contribution in [2.75, 3.05) is 39.2 Å². The highest BCUT2D eigenvalue weighted by Crippen LogP contribution is 2.31. The first kappa shape index (κ1) is 24.7. The summed E-state index contributed by atoms with van der Waals surface area (Å²) in [5, 5.41) is 6.02. The Hall–Kier alpha value is -3.39. The van der Waals surface area contributed by atoms with Crippen molar-refractivity contribution < 1.29 is 19.1 Å². The molecule has 1 saturated heterocycles. The van der Waals surface area contributed by atoms with Crippen LogP contribution in [0.25, 0.3) is 0 Å². The van der Waals surface area contributed by atoms with Crippen LogP contribution in [0.4, 0.5) is 5.69 Å². The lowest BCUT2D eigenvalue weighted by molar-refractivity contribution is -0.119. The molecule has 2 heterocycles. The van der Waals surface area contributed by atoms with Crippen LogP contribution in [0.5, 0.6) is 11.5 Å². The summed E-state index contributed by atoms with van der Waals surface area (Å²) in [4.78, 5) is 32.4. The molecule has 186 valence electrons. The minimum atomic E-state index is -0.599. The van der Waals surface area contributed by atoms with E-state index in [0.717, 1.165) is 5.56 Å². The lowest BCUT2D eigenvalue weighted by Gasteiger charge is -2.36. The van der Waals surface area contributed by atoms with Crippen molar-refractivity contribution in [2.24, 2.45) is 4.99 Å². The van der Waals surface area contributed by atoms with Crippen LogP contribution in [-0.2, 0) is 15.0 Å². The second-order valence-corrected chi connectivity index (χ2v) is 10.2. The SMILES string of the molecule is COc1ccc(OC)c(NC(=O)CN2CCC3(CC2)N=C(c2ccc(C(C)(C)C)cc2)C(=O)N3)c1. The number of carbonyl (C=O) groups excluding carboxylic acids is 2. The molecule has 0 saturated carbocycles. The van der Waals surface area contributed by atoms with Gasteiger partial charge in [0.05, 0.1) is 26.5 Å². The predicted octanol–water partition coefficient (Wildman–Crippen LogP) is 3.35. The van der Waals surface area contributed by atoms with Crippen molar-refractivity contribution in [3.63, 3.8) is 0 Å². The first-order valence-electron chi connectivity index (χ1n) is 11.9. The van der Waals surface area contributed by atoms with Gasteiger partial charge in [-0.25, -0.2) is 0 Å². The number of carbonyl (C=O) groups is 2. The fraction of sp³-hybridized carbons (Fsp3) is 0.444. The Morgan fingerprint density at radius 2 is 1.77 bits per heavy atom. The van der Waals surface area contributed by atoms with Crippen LogP contribution >= 0.6 is 0 Å². The Bertz CT molecular complexity index is 1130. The molecule has 8 heteroatoms. The van der Waals surface area contributed by atoms with Gasteiger partial charge in [0, 0.05) is 37.6 Å². The number of anilines is 1. The molecule has 0 aromatic heterocycles. The number of likely N-dealkylation sites (tertiary alicyclic amines) is 1. The first-order valence-corrected chi connectivity index (χ1v) is 11.9. The topological polar surface area (TPSA) is 92.3 Å². The van der Waals surface area contributed by atoms with Crippen molar-refractivity contribution in [3.05, 3.63) is 53.6 Å².